The van der Waals surface area contributed by atoms with Crippen LogP contribution in [0, 0.1) is 5.82 Å². The summed E-state index contributed by atoms with van der Waals surface area (Å²) in [5.74, 6) is -0.426. The van der Waals surface area contributed by atoms with Crippen molar-refractivity contribution < 1.29 is 27.4 Å². The zero-order valence-electron chi connectivity index (χ0n) is 17.8. The van der Waals surface area contributed by atoms with Crippen molar-refractivity contribution in [2.45, 2.75) is 37.5 Å². The molecule has 32 heavy (non-hydrogen) atoms. The largest absolute Gasteiger partial charge is 0.496 e. The lowest BCUT2D eigenvalue weighted by molar-refractivity contribution is -0.261. The summed E-state index contributed by atoms with van der Waals surface area (Å²) >= 11 is 0. The lowest BCUT2D eigenvalue weighted by Crippen LogP contribution is -2.55. The predicted molar refractivity (Wildman–Crippen MR) is 114 cm³/mol. The van der Waals surface area contributed by atoms with Crippen LogP contribution in [0.2, 0.25) is 0 Å². The molecule has 5 nitrogen and oxygen atoms in total. The third-order valence-corrected chi connectivity index (χ3v) is 5.51. The van der Waals surface area contributed by atoms with Gasteiger partial charge in [0, 0.05) is 17.1 Å². The van der Waals surface area contributed by atoms with Gasteiger partial charge in [-0.3, -0.25) is 4.79 Å². The Labute approximate surface area is 182 Å². The maximum absolute atomic E-state index is 14.0. The van der Waals surface area contributed by atoms with E-state index in [2.05, 4.69) is 5.43 Å². The number of nitrogens with one attached hydrogen (secondary N) is 1. The summed E-state index contributed by atoms with van der Waals surface area (Å²) in [6, 6.07) is 11.8. The van der Waals surface area contributed by atoms with E-state index in [1.807, 2.05) is 0 Å². The monoisotopic (exact) mass is 452 g/mol. The number of methoxy groups -OCH3 is 1. The summed E-state index contributed by atoms with van der Waals surface area (Å²) in [5.41, 5.74) is -2.51. The topological polar surface area (TPSA) is 63.5 Å². The molecule has 172 valence electrons. The number of halogens is 4. The lowest BCUT2D eigenvalue weighted by atomic mass is 9.74. The fraction of sp³-hybridized carbons (Fsp3) is 0.348. The van der Waals surface area contributed by atoms with Crippen LogP contribution in [0.15, 0.2) is 59.5 Å². The Bertz CT molecular complexity index is 1170. The third kappa shape index (κ3) is 4.57. The first kappa shape index (κ1) is 23.6. The summed E-state index contributed by atoms with van der Waals surface area (Å²) in [6.45, 7) is 1.93. The maximum Gasteiger partial charge on any atom is 0.419 e. The highest BCUT2D eigenvalue weighted by Crippen LogP contribution is 2.43. The fourth-order valence-electron chi connectivity index (χ4n) is 3.83. The van der Waals surface area contributed by atoms with E-state index in [4.69, 9.17) is 4.74 Å². The van der Waals surface area contributed by atoms with E-state index < -0.39 is 41.5 Å². The molecule has 1 heterocycles. The van der Waals surface area contributed by atoms with Crippen molar-refractivity contribution in [2.75, 3.05) is 19.1 Å². The number of nitrogens with zero attached hydrogens (tertiary/aromatic N) is 1. The molecule has 9 heteroatoms. The Hall–Kier alpha value is -3.07. The first-order valence-electron chi connectivity index (χ1n) is 9.85. The number of fused-ring (bicyclic) bond motifs is 1. The number of aromatic nitrogens is 1. The number of alkyl halides is 3. The quantitative estimate of drug-likeness (QED) is 0.523. The standard InChI is InChI=1S/C23H24F4N2O3/c1-21(2,18-12-16(24)8-9-19(18)32-3)13-22(31,23(25,26)27)14-28-29-11-10-15-6-4-5-7-17(15)20(29)30/h4-12,28,31H,13-14H2,1-3H3. The van der Waals surface area contributed by atoms with Gasteiger partial charge in [-0.25, -0.2) is 9.07 Å². The van der Waals surface area contributed by atoms with Gasteiger partial charge >= 0.3 is 6.18 Å². The van der Waals surface area contributed by atoms with Gasteiger partial charge in [0.1, 0.15) is 11.6 Å². The summed E-state index contributed by atoms with van der Waals surface area (Å²) in [7, 11) is 1.33. The fourth-order valence-corrected chi connectivity index (χ4v) is 3.83. The number of hydrogen-bond donors (Lipinski definition) is 2. The van der Waals surface area contributed by atoms with Gasteiger partial charge in [-0.1, -0.05) is 32.0 Å². The maximum atomic E-state index is 14.0. The minimum Gasteiger partial charge on any atom is -0.496 e. The van der Waals surface area contributed by atoms with E-state index in [1.165, 1.54) is 33.2 Å². The summed E-state index contributed by atoms with van der Waals surface area (Å²) in [6.07, 6.45) is -4.53. The summed E-state index contributed by atoms with van der Waals surface area (Å²) in [4.78, 5) is 12.6. The van der Waals surface area contributed by atoms with Crippen molar-refractivity contribution in [1.29, 1.82) is 0 Å². The number of rotatable bonds is 7. The zero-order chi connectivity index (χ0) is 23.7. The van der Waals surface area contributed by atoms with Crippen LogP contribution in [-0.4, -0.2) is 35.2 Å². The van der Waals surface area contributed by atoms with Crippen molar-refractivity contribution in [1.82, 2.24) is 4.68 Å². The van der Waals surface area contributed by atoms with Gasteiger partial charge in [-0.05, 0) is 47.6 Å². The second-order valence-corrected chi connectivity index (χ2v) is 8.35. The number of ether oxygens (including phenoxy) is 1. The second-order valence-electron chi connectivity index (χ2n) is 8.35. The van der Waals surface area contributed by atoms with Gasteiger partial charge in [-0.2, -0.15) is 13.2 Å². The van der Waals surface area contributed by atoms with Crippen LogP contribution >= 0.6 is 0 Å². The minimum absolute atomic E-state index is 0.186. The molecule has 0 radical (unpaired) electrons. The molecule has 1 aromatic heterocycles. The minimum atomic E-state index is -5.03. The zero-order valence-corrected chi connectivity index (χ0v) is 17.8. The molecule has 2 N–H and O–H groups in total. The van der Waals surface area contributed by atoms with Gasteiger partial charge in [-0.15, -0.1) is 0 Å². The molecule has 0 aliphatic carbocycles. The molecule has 0 bridgehead atoms. The van der Waals surface area contributed by atoms with Gasteiger partial charge in [0.25, 0.3) is 5.56 Å². The molecule has 0 aliphatic rings. The smallest absolute Gasteiger partial charge is 0.419 e. The van der Waals surface area contributed by atoms with E-state index in [0.29, 0.717) is 10.8 Å². The van der Waals surface area contributed by atoms with Crippen molar-refractivity contribution in [3.05, 3.63) is 76.5 Å². The molecule has 0 saturated heterocycles. The first-order valence-corrected chi connectivity index (χ1v) is 9.85. The predicted octanol–water partition coefficient (Wildman–Crippen LogP) is 4.35. The molecule has 0 aliphatic heterocycles. The third-order valence-electron chi connectivity index (χ3n) is 5.51. The Morgan fingerprint density at radius 3 is 2.44 bits per heavy atom. The van der Waals surface area contributed by atoms with Crippen LogP contribution in [-0.2, 0) is 5.41 Å². The van der Waals surface area contributed by atoms with E-state index in [9.17, 15) is 27.5 Å². The van der Waals surface area contributed by atoms with E-state index >= 15 is 0 Å². The molecular formula is C23H24F4N2O3. The molecule has 1 unspecified atom stereocenters. The van der Waals surface area contributed by atoms with Crippen molar-refractivity contribution in [3.8, 4) is 5.75 Å². The highest BCUT2D eigenvalue weighted by molar-refractivity contribution is 5.81. The summed E-state index contributed by atoms with van der Waals surface area (Å²) < 4.78 is 61.9. The molecule has 3 rings (SSSR count). The van der Waals surface area contributed by atoms with Crippen LogP contribution < -0.4 is 15.7 Å². The van der Waals surface area contributed by atoms with Gasteiger partial charge in [0.15, 0.2) is 5.60 Å². The van der Waals surface area contributed by atoms with Crippen LogP contribution in [0.25, 0.3) is 10.8 Å². The molecule has 3 aromatic rings. The Morgan fingerprint density at radius 2 is 1.78 bits per heavy atom. The molecular weight excluding hydrogens is 428 g/mol. The average Bonchev–Trinajstić information content (AvgIpc) is 2.72. The number of benzene rings is 2. The molecule has 0 amide bonds. The van der Waals surface area contributed by atoms with E-state index in [1.54, 1.807) is 30.3 Å². The highest BCUT2D eigenvalue weighted by atomic mass is 19.4. The second kappa shape index (κ2) is 8.46. The summed E-state index contributed by atoms with van der Waals surface area (Å²) in [5, 5.41) is 11.7. The van der Waals surface area contributed by atoms with Crippen LogP contribution in [0.1, 0.15) is 25.8 Å². The number of hydrogen-bond acceptors (Lipinski definition) is 4. The lowest BCUT2D eigenvalue weighted by Gasteiger charge is -2.38. The van der Waals surface area contributed by atoms with E-state index in [0.717, 1.165) is 16.8 Å². The number of aliphatic hydroxyl groups is 1. The SMILES string of the molecule is COc1ccc(F)cc1C(C)(C)CC(O)(CNn1ccc2ccccc2c1=O)C(F)(F)F. The molecule has 1 atom stereocenters. The van der Waals surface area contributed by atoms with Crippen molar-refractivity contribution in [2.24, 2.45) is 0 Å². The van der Waals surface area contributed by atoms with Crippen LogP contribution in [0.5, 0.6) is 5.75 Å². The molecule has 2 aromatic carbocycles. The Kier molecular flexibility index (Phi) is 6.24. The average molecular weight is 452 g/mol. The van der Waals surface area contributed by atoms with Gasteiger partial charge in [0.2, 0.25) is 0 Å². The van der Waals surface area contributed by atoms with Gasteiger partial charge < -0.3 is 15.3 Å². The van der Waals surface area contributed by atoms with Crippen LogP contribution in [0.3, 0.4) is 0 Å². The molecule has 0 fully saturated rings. The van der Waals surface area contributed by atoms with Crippen molar-refractivity contribution in [3.63, 3.8) is 0 Å². The molecule has 0 saturated carbocycles. The first-order chi connectivity index (χ1) is 14.9. The van der Waals surface area contributed by atoms with Gasteiger partial charge in [0.05, 0.1) is 13.7 Å². The van der Waals surface area contributed by atoms with E-state index in [-0.39, 0.29) is 11.3 Å². The molecule has 0 spiro atoms. The Morgan fingerprint density at radius 1 is 1.09 bits per heavy atom. The Balaban J connectivity index is 1.93. The van der Waals surface area contributed by atoms with Crippen LogP contribution in [0.4, 0.5) is 17.6 Å². The normalized spacial score (nSPS) is 14.2. The van der Waals surface area contributed by atoms with Crippen molar-refractivity contribution >= 4 is 10.8 Å². The number of pyridine rings is 1. The highest BCUT2D eigenvalue weighted by Gasteiger charge is 2.56.